The number of nitrogens with one attached hydrogen (secondary N) is 2. The normalized spacial score (nSPS) is 9.83. The molecule has 0 aliphatic carbocycles. The van der Waals surface area contributed by atoms with Gasteiger partial charge in [0.05, 0.1) is 6.54 Å². The lowest BCUT2D eigenvalue weighted by Crippen LogP contribution is -2.37. The highest BCUT2D eigenvalue weighted by molar-refractivity contribution is 5.84. The summed E-state index contributed by atoms with van der Waals surface area (Å²) in [6.07, 6.45) is 3.50. The summed E-state index contributed by atoms with van der Waals surface area (Å²) in [6.45, 7) is 2.67. The Morgan fingerprint density at radius 3 is 2.28 bits per heavy atom. The Balaban J connectivity index is 3.47. The Morgan fingerprint density at radius 2 is 1.67 bits per heavy atom. The molecule has 0 bridgehead atoms. The monoisotopic (exact) mass is 258 g/mol. The topological polar surface area (TPSA) is 95.5 Å². The molecule has 0 heterocycles. The Morgan fingerprint density at radius 1 is 0.944 bits per heavy atom. The number of carboxylic acid groups (broad SMARTS) is 1. The summed E-state index contributed by atoms with van der Waals surface area (Å²) in [5.74, 6) is -1.42. The number of aliphatic carboxylic acids is 1. The third-order valence-corrected chi connectivity index (χ3v) is 2.34. The smallest absolute Gasteiger partial charge is 0.303 e. The Bertz CT molecular complexity index is 279. The van der Waals surface area contributed by atoms with Crippen LogP contribution in [0.4, 0.5) is 0 Å². The quantitative estimate of drug-likeness (QED) is 0.502. The van der Waals surface area contributed by atoms with E-state index in [1.807, 2.05) is 0 Å². The molecule has 0 aromatic rings. The minimum atomic E-state index is -0.920. The molecule has 3 N–H and O–H groups in total. The first-order chi connectivity index (χ1) is 8.56. The summed E-state index contributed by atoms with van der Waals surface area (Å²) >= 11 is 0. The molecule has 0 saturated carbocycles. The number of carboxylic acids is 1. The Kier molecular flexibility index (Phi) is 9.62. The van der Waals surface area contributed by atoms with Crippen LogP contribution in [0.5, 0.6) is 0 Å². The molecule has 0 rings (SSSR count). The lowest BCUT2D eigenvalue weighted by Gasteiger charge is -2.06. The van der Waals surface area contributed by atoms with Crippen LogP contribution in [0, 0.1) is 0 Å². The summed E-state index contributed by atoms with van der Waals surface area (Å²) in [6, 6.07) is 0. The molecule has 0 spiro atoms. The molecule has 0 aliphatic rings. The van der Waals surface area contributed by atoms with Gasteiger partial charge < -0.3 is 15.7 Å². The van der Waals surface area contributed by atoms with Crippen molar-refractivity contribution < 1.29 is 19.5 Å². The van der Waals surface area contributed by atoms with Gasteiger partial charge in [-0.1, -0.05) is 19.8 Å². The van der Waals surface area contributed by atoms with Gasteiger partial charge in [0.1, 0.15) is 0 Å². The fraction of sp³-hybridized carbons (Fsp3) is 0.750. The van der Waals surface area contributed by atoms with Gasteiger partial charge >= 0.3 is 5.97 Å². The van der Waals surface area contributed by atoms with Crippen LogP contribution < -0.4 is 10.6 Å². The summed E-state index contributed by atoms with van der Waals surface area (Å²) in [7, 11) is 0. The van der Waals surface area contributed by atoms with Crippen molar-refractivity contribution in [2.45, 2.75) is 45.4 Å². The molecule has 0 aliphatic heterocycles. The number of hydrogen-bond acceptors (Lipinski definition) is 3. The van der Waals surface area contributed by atoms with Crippen molar-refractivity contribution in [1.82, 2.24) is 10.6 Å². The Labute approximate surface area is 107 Å². The van der Waals surface area contributed by atoms with Gasteiger partial charge in [0, 0.05) is 19.4 Å². The molecule has 6 nitrogen and oxygen atoms in total. The van der Waals surface area contributed by atoms with E-state index in [2.05, 4.69) is 17.6 Å². The van der Waals surface area contributed by atoms with E-state index >= 15 is 0 Å². The van der Waals surface area contributed by atoms with E-state index in [0.717, 1.165) is 19.3 Å². The summed E-state index contributed by atoms with van der Waals surface area (Å²) in [5.41, 5.74) is 0. The summed E-state index contributed by atoms with van der Waals surface area (Å²) < 4.78 is 0. The van der Waals surface area contributed by atoms with Crippen molar-refractivity contribution in [1.29, 1.82) is 0 Å². The lowest BCUT2D eigenvalue weighted by molar-refractivity contribution is -0.137. The fourth-order valence-electron chi connectivity index (χ4n) is 1.33. The molecule has 0 aromatic carbocycles. The first kappa shape index (κ1) is 16.4. The highest BCUT2D eigenvalue weighted by atomic mass is 16.4. The maximum atomic E-state index is 11.3. The van der Waals surface area contributed by atoms with Crippen LogP contribution in [0.1, 0.15) is 45.4 Å². The van der Waals surface area contributed by atoms with E-state index in [0.29, 0.717) is 13.0 Å². The van der Waals surface area contributed by atoms with Crippen LogP contribution in [0.25, 0.3) is 0 Å². The second-order valence-corrected chi connectivity index (χ2v) is 4.08. The van der Waals surface area contributed by atoms with Gasteiger partial charge in [0.25, 0.3) is 0 Å². The second kappa shape index (κ2) is 10.6. The van der Waals surface area contributed by atoms with E-state index in [-0.39, 0.29) is 31.2 Å². The van der Waals surface area contributed by atoms with E-state index in [1.54, 1.807) is 0 Å². The largest absolute Gasteiger partial charge is 0.481 e. The second-order valence-electron chi connectivity index (χ2n) is 4.08. The molecule has 18 heavy (non-hydrogen) atoms. The van der Waals surface area contributed by atoms with E-state index in [4.69, 9.17) is 5.11 Å². The number of amides is 2. The van der Waals surface area contributed by atoms with Gasteiger partial charge in [-0.3, -0.25) is 14.4 Å². The van der Waals surface area contributed by atoms with E-state index < -0.39 is 5.97 Å². The molecule has 104 valence electrons. The first-order valence-electron chi connectivity index (χ1n) is 6.31. The third kappa shape index (κ3) is 10.9. The van der Waals surface area contributed by atoms with Gasteiger partial charge in [0.15, 0.2) is 0 Å². The zero-order valence-electron chi connectivity index (χ0n) is 10.8. The average Bonchev–Trinajstić information content (AvgIpc) is 2.31. The van der Waals surface area contributed by atoms with Crippen LogP contribution >= 0.6 is 0 Å². The number of unbranched alkanes of at least 4 members (excludes halogenated alkanes) is 2. The maximum Gasteiger partial charge on any atom is 0.303 e. The summed E-state index contributed by atoms with van der Waals surface area (Å²) in [4.78, 5) is 32.7. The Hall–Kier alpha value is -1.59. The SMILES string of the molecule is CCCCCNC(=O)CNC(=O)CCCC(=O)O. The molecule has 0 unspecified atom stereocenters. The third-order valence-electron chi connectivity index (χ3n) is 2.34. The van der Waals surface area contributed by atoms with E-state index in [9.17, 15) is 14.4 Å². The van der Waals surface area contributed by atoms with Crippen molar-refractivity contribution in [2.75, 3.05) is 13.1 Å². The van der Waals surface area contributed by atoms with Crippen molar-refractivity contribution in [3.8, 4) is 0 Å². The summed E-state index contributed by atoms with van der Waals surface area (Å²) in [5, 5.41) is 13.5. The van der Waals surface area contributed by atoms with Gasteiger partial charge in [-0.25, -0.2) is 0 Å². The minimum absolute atomic E-state index is 0.0311. The molecule has 0 atom stereocenters. The molecule has 2 amide bonds. The lowest BCUT2D eigenvalue weighted by atomic mass is 10.2. The zero-order chi connectivity index (χ0) is 13.8. The van der Waals surface area contributed by atoms with Crippen molar-refractivity contribution in [3.63, 3.8) is 0 Å². The van der Waals surface area contributed by atoms with Crippen molar-refractivity contribution in [2.24, 2.45) is 0 Å². The van der Waals surface area contributed by atoms with Crippen LogP contribution in [-0.4, -0.2) is 36.0 Å². The minimum Gasteiger partial charge on any atom is -0.481 e. The standard InChI is InChI=1S/C12H22N2O4/c1-2-3-4-8-13-11(16)9-14-10(15)6-5-7-12(17)18/h2-9H2,1H3,(H,13,16)(H,14,15)(H,17,18). The van der Waals surface area contributed by atoms with Gasteiger partial charge in [-0.05, 0) is 12.8 Å². The van der Waals surface area contributed by atoms with Crippen LogP contribution in [-0.2, 0) is 14.4 Å². The highest BCUT2D eigenvalue weighted by Crippen LogP contribution is 1.94. The van der Waals surface area contributed by atoms with Crippen LogP contribution in [0.3, 0.4) is 0 Å². The van der Waals surface area contributed by atoms with Gasteiger partial charge in [-0.2, -0.15) is 0 Å². The molecule has 0 aromatic heterocycles. The van der Waals surface area contributed by atoms with Crippen LogP contribution in [0.2, 0.25) is 0 Å². The van der Waals surface area contributed by atoms with Crippen LogP contribution in [0.15, 0.2) is 0 Å². The first-order valence-corrected chi connectivity index (χ1v) is 6.31. The van der Waals surface area contributed by atoms with Crippen molar-refractivity contribution >= 4 is 17.8 Å². The molecular formula is C12H22N2O4. The number of rotatable bonds is 10. The maximum absolute atomic E-state index is 11.3. The molecule has 6 heteroatoms. The number of carbonyl (C=O) groups excluding carboxylic acids is 2. The van der Waals surface area contributed by atoms with Gasteiger partial charge in [-0.15, -0.1) is 0 Å². The molecule has 0 radical (unpaired) electrons. The zero-order valence-corrected chi connectivity index (χ0v) is 10.8. The number of carbonyl (C=O) groups is 3. The van der Waals surface area contributed by atoms with Crippen molar-refractivity contribution in [3.05, 3.63) is 0 Å². The predicted molar refractivity (Wildman–Crippen MR) is 67.0 cm³/mol. The van der Waals surface area contributed by atoms with E-state index in [1.165, 1.54) is 0 Å². The molecular weight excluding hydrogens is 236 g/mol. The highest BCUT2D eigenvalue weighted by Gasteiger charge is 2.06. The molecule has 0 fully saturated rings. The van der Waals surface area contributed by atoms with Gasteiger partial charge in [0.2, 0.25) is 11.8 Å². The fourth-order valence-corrected chi connectivity index (χ4v) is 1.33. The number of hydrogen-bond donors (Lipinski definition) is 3. The predicted octanol–water partition coefficient (Wildman–Crippen LogP) is 0.664. The molecule has 0 saturated heterocycles. The average molecular weight is 258 g/mol.